The summed E-state index contributed by atoms with van der Waals surface area (Å²) in [6.45, 7) is -0.875. The van der Waals surface area contributed by atoms with Gasteiger partial charge in [0.05, 0.1) is 12.1 Å². The van der Waals surface area contributed by atoms with Gasteiger partial charge in [-0.1, -0.05) is 12.1 Å². The number of aromatic carboxylic acids is 1. The minimum Gasteiger partial charge on any atom is -0.478 e. The molecule has 1 heterocycles. The molecule has 1 atom stereocenters. The Morgan fingerprint density at radius 3 is 2.30 bits per heavy atom. The van der Waals surface area contributed by atoms with Gasteiger partial charge in [0.2, 0.25) is 5.91 Å². The van der Waals surface area contributed by atoms with Crippen molar-refractivity contribution in [3.8, 4) is 0 Å². The van der Waals surface area contributed by atoms with Gasteiger partial charge in [-0.15, -0.1) is 0 Å². The Morgan fingerprint density at radius 2 is 1.83 bits per heavy atom. The fraction of sp³-hybridized carbons (Fsp3) is 0.467. The lowest BCUT2D eigenvalue weighted by atomic mass is 10.0. The van der Waals surface area contributed by atoms with Crippen molar-refractivity contribution in [2.45, 2.75) is 31.0 Å². The van der Waals surface area contributed by atoms with E-state index in [2.05, 4.69) is 0 Å². The number of halogens is 3. The molecule has 5 nitrogen and oxygen atoms in total. The minimum absolute atomic E-state index is 0.000352. The van der Waals surface area contributed by atoms with Gasteiger partial charge < -0.3 is 15.1 Å². The molecule has 1 unspecified atom stereocenters. The molecule has 2 rings (SSSR count). The fourth-order valence-corrected chi connectivity index (χ4v) is 2.46. The lowest BCUT2D eigenvalue weighted by Crippen LogP contribution is -2.48. The number of nitrogens with zero attached hydrogens (tertiary/aromatic N) is 1. The van der Waals surface area contributed by atoms with Crippen molar-refractivity contribution in [3.63, 3.8) is 0 Å². The molecule has 0 radical (unpaired) electrons. The van der Waals surface area contributed by atoms with E-state index in [1.165, 1.54) is 12.1 Å². The number of β-amino-alcohol motifs (C(OH)–C–C–N with tert-alkyl or cyclic N) is 1. The van der Waals surface area contributed by atoms with Crippen LogP contribution < -0.4 is 0 Å². The maximum atomic E-state index is 12.7. The number of aryl methyl sites for hydroxylation is 1. The summed E-state index contributed by atoms with van der Waals surface area (Å²) in [4.78, 5) is 23.7. The summed E-state index contributed by atoms with van der Waals surface area (Å²) in [5.41, 5.74) is -1.99. The summed E-state index contributed by atoms with van der Waals surface area (Å²) >= 11 is 0. The summed E-state index contributed by atoms with van der Waals surface area (Å²) in [6, 6.07) is 5.93. The number of carbonyl (C=O) groups is 2. The molecule has 126 valence electrons. The molecule has 0 spiro atoms. The predicted octanol–water partition coefficient (Wildman–Crippen LogP) is 1.84. The van der Waals surface area contributed by atoms with Crippen LogP contribution in [0, 0.1) is 0 Å². The normalized spacial score (nSPS) is 21.5. The molecule has 8 heteroatoms. The zero-order chi connectivity index (χ0) is 17.3. The van der Waals surface area contributed by atoms with E-state index in [-0.39, 0.29) is 18.5 Å². The number of aliphatic hydroxyl groups is 1. The third-order valence-electron chi connectivity index (χ3n) is 3.96. The summed E-state index contributed by atoms with van der Waals surface area (Å²) in [5.74, 6) is -1.52. The number of rotatable bonds is 4. The van der Waals surface area contributed by atoms with Crippen molar-refractivity contribution in [1.29, 1.82) is 0 Å². The lowest BCUT2D eigenvalue weighted by Gasteiger charge is -2.25. The molecule has 1 fully saturated rings. The second-order valence-corrected chi connectivity index (χ2v) is 5.60. The van der Waals surface area contributed by atoms with Gasteiger partial charge in [0, 0.05) is 19.4 Å². The van der Waals surface area contributed by atoms with Crippen LogP contribution in [-0.4, -0.2) is 51.9 Å². The number of carbonyl (C=O) groups excluding carboxylic acids is 1. The van der Waals surface area contributed by atoms with Crippen LogP contribution >= 0.6 is 0 Å². The summed E-state index contributed by atoms with van der Waals surface area (Å²) in [5, 5.41) is 18.3. The van der Waals surface area contributed by atoms with Crippen molar-refractivity contribution in [2.24, 2.45) is 0 Å². The van der Waals surface area contributed by atoms with Gasteiger partial charge in [0.15, 0.2) is 5.60 Å². The Labute approximate surface area is 130 Å². The zero-order valence-corrected chi connectivity index (χ0v) is 12.1. The third kappa shape index (κ3) is 3.82. The Kier molecular flexibility index (Phi) is 4.65. The number of likely N-dealkylation sites (tertiary alicyclic amines) is 1. The Balaban J connectivity index is 1.90. The molecule has 0 saturated carbocycles. The first kappa shape index (κ1) is 17.3. The average Bonchev–Trinajstić information content (AvgIpc) is 2.89. The summed E-state index contributed by atoms with van der Waals surface area (Å²) in [6.07, 6.45) is -4.98. The predicted molar refractivity (Wildman–Crippen MR) is 73.9 cm³/mol. The molecule has 0 aliphatic carbocycles. The van der Waals surface area contributed by atoms with Crippen molar-refractivity contribution in [3.05, 3.63) is 35.4 Å². The van der Waals surface area contributed by atoms with Crippen LogP contribution in [0.3, 0.4) is 0 Å². The highest BCUT2D eigenvalue weighted by molar-refractivity contribution is 5.87. The van der Waals surface area contributed by atoms with Crippen LogP contribution in [-0.2, 0) is 11.2 Å². The van der Waals surface area contributed by atoms with E-state index in [0.717, 1.165) is 4.90 Å². The Bertz CT molecular complexity index is 600. The van der Waals surface area contributed by atoms with E-state index >= 15 is 0 Å². The van der Waals surface area contributed by atoms with E-state index in [4.69, 9.17) is 5.11 Å². The first-order chi connectivity index (χ1) is 10.6. The average molecular weight is 331 g/mol. The number of benzene rings is 1. The second kappa shape index (κ2) is 6.19. The third-order valence-corrected chi connectivity index (χ3v) is 3.96. The van der Waals surface area contributed by atoms with Crippen LogP contribution in [0.2, 0.25) is 0 Å². The van der Waals surface area contributed by atoms with E-state index < -0.39 is 36.6 Å². The SMILES string of the molecule is O=C(O)c1ccc(CCC(=O)N2CCC(O)(C(F)(F)F)C2)cc1. The van der Waals surface area contributed by atoms with Gasteiger partial charge >= 0.3 is 12.1 Å². The quantitative estimate of drug-likeness (QED) is 0.883. The van der Waals surface area contributed by atoms with Crippen molar-refractivity contribution < 1.29 is 33.0 Å². The second-order valence-electron chi connectivity index (χ2n) is 5.60. The number of hydrogen-bond donors (Lipinski definition) is 2. The van der Waals surface area contributed by atoms with Gasteiger partial charge in [-0.2, -0.15) is 13.2 Å². The zero-order valence-electron chi connectivity index (χ0n) is 12.1. The molecule has 0 aromatic heterocycles. The molecule has 1 aromatic rings. The molecule has 1 aliphatic rings. The molecule has 2 N–H and O–H groups in total. The fourth-order valence-electron chi connectivity index (χ4n) is 2.46. The summed E-state index contributed by atoms with van der Waals surface area (Å²) in [7, 11) is 0. The van der Waals surface area contributed by atoms with E-state index in [1.807, 2.05) is 0 Å². The van der Waals surface area contributed by atoms with Gasteiger partial charge in [0.1, 0.15) is 0 Å². The van der Waals surface area contributed by atoms with Crippen molar-refractivity contribution in [2.75, 3.05) is 13.1 Å². The first-order valence-electron chi connectivity index (χ1n) is 7.01. The standard InChI is InChI=1S/C15H16F3NO4/c16-15(17,18)14(23)7-8-19(9-14)12(20)6-3-10-1-4-11(5-2-10)13(21)22/h1-2,4-5,23H,3,6-9H2,(H,21,22). The summed E-state index contributed by atoms with van der Waals surface area (Å²) < 4.78 is 38.1. The number of alkyl halides is 3. The highest BCUT2D eigenvalue weighted by Crippen LogP contribution is 2.37. The van der Waals surface area contributed by atoms with Crippen molar-refractivity contribution in [1.82, 2.24) is 4.90 Å². The number of carboxylic acid groups (broad SMARTS) is 1. The van der Waals surface area contributed by atoms with E-state index in [1.54, 1.807) is 12.1 Å². The van der Waals surface area contributed by atoms with E-state index in [0.29, 0.717) is 12.0 Å². The molecule has 23 heavy (non-hydrogen) atoms. The first-order valence-corrected chi connectivity index (χ1v) is 7.01. The smallest absolute Gasteiger partial charge is 0.419 e. The maximum Gasteiger partial charge on any atom is 0.419 e. The van der Waals surface area contributed by atoms with Crippen molar-refractivity contribution >= 4 is 11.9 Å². The molecule has 1 saturated heterocycles. The lowest BCUT2D eigenvalue weighted by molar-refractivity contribution is -0.253. The van der Waals surface area contributed by atoms with Crippen LogP contribution in [0.15, 0.2) is 24.3 Å². The largest absolute Gasteiger partial charge is 0.478 e. The Hall–Kier alpha value is -2.09. The highest BCUT2D eigenvalue weighted by Gasteiger charge is 2.57. The molecular formula is C15H16F3NO4. The number of carboxylic acids is 1. The molecule has 1 amide bonds. The van der Waals surface area contributed by atoms with Crippen LogP contribution in [0.25, 0.3) is 0 Å². The molecule has 1 aromatic carbocycles. The number of hydrogen-bond acceptors (Lipinski definition) is 3. The maximum absolute atomic E-state index is 12.7. The number of amides is 1. The molecule has 0 bridgehead atoms. The minimum atomic E-state index is -4.76. The van der Waals surface area contributed by atoms with Crippen LogP contribution in [0.1, 0.15) is 28.8 Å². The van der Waals surface area contributed by atoms with Crippen LogP contribution in [0.5, 0.6) is 0 Å². The van der Waals surface area contributed by atoms with E-state index in [9.17, 15) is 27.9 Å². The van der Waals surface area contributed by atoms with Gasteiger partial charge in [0.25, 0.3) is 0 Å². The van der Waals surface area contributed by atoms with Gasteiger partial charge in [-0.3, -0.25) is 4.79 Å². The van der Waals surface area contributed by atoms with Gasteiger partial charge in [-0.25, -0.2) is 4.79 Å². The molecular weight excluding hydrogens is 315 g/mol. The molecule has 1 aliphatic heterocycles. The van der Waals surface area contributed by atoms with Gasteiger partial charge in [-0.05, 0) is 24.1 Å². The topological polar surface area (TPSA) is 77.8 Å². The van der Waals surface area contributed by atoms with Crippen LogP contribution in [0.4, 0.5) is 13.2 Å². The highest BCUT2D eigenvalue weighted by atomic mass is 19.4. The Morgan fingerprint density at radius 1 is 1.22 bits per heavy atom. The monoisotopic (exact) mass is 331 g/mol.